The molecule has 4 nitrogen and oxygen atoms in total. The van der Waals surface area contributed by atoms with Gasteiger partial charge in [-0.15, -0.1) is 0 Å². The van der Waals surface area contributed by atoms with Gasteiger partial charge in [-0.05, 0) is 30.9 Å². The maximum atomic E-state index is 14.0. The third-order valence-corrected chi connectivity index (χ3v) is 4.22. The Bertz CT molecular complexity index is 565. The van der Waals surface area contributed by atoms with Gasteiger partial charge in [0.15, 0.2) is 0 Å². The van der Waals surface area contributed by atoms with E-state index >= 15 is 0 Å². The highest BCUT2D eigenvalue weighted by Gasteiger charge is 2.48. The van der Waals surface area contributed by atoms with Crippen molar-refractivity contribution in [2.45, 2.75) is 38.0 Å². The van der Waals surface area contributed by atoms with Gasteiger partial charge in [-0.3, -0.25) is 9.59 Å². The van der Waals surface area contributed by atoms with E-state index in [9.17, 15) is 18.4 Å². The lowest BCUT2D eigenvalue weighted by Crippen LogP contribution is -2.51. The van der Waals surface area contributed by atoms with Crippen LogP contribution in [0.3, 0.4) is 0 Å². The van der Waals surface area contributed by atoms with E-state index in [1.807, 2.05) is 0 Å². The van der Waals surface area contributed by atoms with E-state index in [4.69, 9.17) is 5.11 Å². The zero-order valence-electron chi connectivity index (χ0n) is 12.4. The van der Waals surface area contributed by atoms with Crippen molar-refractivity contribution in [3.05, 3.63) is 35.4 Å². The van der Waals surface area contributed by atoms with Crippen LogP contribution < -0.4 is 5.32 Å². The number of halogens is 2. The summed E-state index contributed by atoms with van der Waals surface area (Å²) in [6.07, 6.45) is 1.45. The molecule has 1 atom stereocenters. The summed E-state index contributed by atoms with van der Waals surface area (Å²) in [6.45, 7) is 1.87. The van der Waals surface area contributed by atoms with Crippen LogP contribution in [0.15, 0.2) is 18.2 Å². The third kappa shape index (κ3) is 3.10. The Morgan fingerprint density at radius 3 is 2.36 bits per heavy atom. The van der Waals surface area contributed by atoms with Gasteiger partial charge >= 0.3 is 5.97 Å². The smallest absolute Gasteiger partial charge is 0.303 e. The maximum absolute atomic E-state index is 14.0. The summed E-state index contributed by atoms with van der Waals surface area (Å²) in [5, 5.41) is 11.4. The van der Waals surface area contributed by atoms with Crippen LogP contribution in [0.25, 0.3) is 0 Å². The Morgan fingerprint density at radius 1 is 1.32 bits per heavy atom. The fourth-order valence-electron chi connectivity index (χ4n) is 2.88. The molecule has 1 saturated carbocycles. The molecule has 1 aliphatic carbocycles. The summed E-state index contributed by atoms with van der Waals surface area (Å²) in [7, 11) is 0. The molecule has 1 aliphatic rings. The second-order valence-corrected chi connectivity index (χ2v) is 5.95. The number of rotatable bonds is 6. The molecule has 0 bridgehead atoms. The van der Waals surface area contributed by atoms with Gasteiger partial charge in [0.1, 0.15) is 11.6 Å². The molecule has 6 heteroatoms. The van der Waals surface area contributed by atoms with E-state index in [0.29, 0.717) is 12.8 Å². The lowest BCUT2D eigenvalue weighted by Gasteiger charge is -2.41. The Labute approximate surface area is 127 Å². The molecule has 0 aliphatic heterocycles. The first kappa shape index (κ1) is 16.4. The Kier molecular flexibility index (Phi) is 4.78. The minimum Gasteiger partial charge on any atom is -0.481 e. The normalized spacial score (nSPS) is 17.4. The van der Waals surface area contributed by atoms with Crippen LogP contribution in [0.2, 0.25) is 0 Å². The van der Waals surface area contributed by atoms with E-state index < -0.39 is 28.9 Å². The van der Waals surface area contributed by atoms with Crippen LogP contribution in [0.4, 0.5) is 8.78 Å². The predicted molar refractivity (Wildman–Crippen MR) is 76.3 cm³/mol. The molecule has 1 amide bonds. The second-order valence-electron chi connectivity index (χ2n) is 5.95. The van der Waals surface area contributed by atoms with E-state index in [1.54, 1.807) is 6.92 Å². The van der Waals surface area contributed by atoms with Crippen LogP contribution in [0, 0.1) is 17.6 Å². The summed E-state index contributed by atoms with van der Waals surface area (Å²) in [4.78, 5) is 23.1. The molecule has 22 heavy (non-hydrogen) atoms. The van der Waals surface area contributed by atoms with E-state index in [0.717, 1.165) is 18.6 Å². The lowest BCUT2D eigenvalue weighted by atomic mass is 9.63. The van der Waals surface area contributed by atoms with Crippen LogP contribution in [-0.4, -0.2) is 23.5 Å². The van der Waals surface area contributed by atoms with Crippen LogP contribution in [-0.2, 0) is 15.0 Å². The largest absolute Gasteiger partial charge is 0.481 e. The first-order valence-corrected chi connectivity index (χ1v) is 7.31. The lowest BCUT2D eigenvalue weighted by molar-refractivity contribution is -0.138. The van der Waals surface area contributed by atoms with Gasteiger partial charge in [0.05, 0.1) is 5.41 Å². The monoisotopic (exact) mass is 311 g/mol. The molecule has 1 fully saturated rings. The van der Waals surface area contributed by atoms with E-state index in [-0.39, 0.29) is 24.4 Å². The Balaban J connectivity index is 2.14. The number of carboxylic acids is 1. The number of nitrogens with one attached hydrogen (secondary N) is 1. The molecule has 1 unspecified atom stereocenters. The van der Waals surface area contributed by atoms with E-state index in [1.165, 1.54) is 6.07 Å². The molecule has 2 N–H and O–H groups in total. The quantitative estimate of drug-likeness (QED) is 0.848. The van der Waals surface area contributed by atoms with Gasteiger partial charge < -0.3 is 10.4 Å². The highest BCUT2D eigenvalue weighted by Crippen LogP contribution is 2.45. The second kappa shape index (κ2) is 6.42. The minimum atomic E-state index is -1.17. The fraction of sp³-hybridized carbons (Fsp3) is 0.500. The first-order chi connectivity index (χ1) is 10.4. The summed E-state index contributed by atoms with van der Waals surface area (Å²) in [5.74, 6) is -3.05. The molecule has 2 rings (SSSR count). The molecule has 120 valence electrons. The summed E-state index contributed by atoms with van der Waals surface area (Å²) in [6, 6.07) is 3.57. The first-order valence-electron chi connectivity index (χ1n) is 7.31. The van der Waals surface area contributed by atoms with Crippen molar-refractivity contribution in [1.82, 2.24) is 5.32 Å². The van der Waals surface area contributed by atoms with Crippen molar-refractivity contribution >= 4 is 11.9 Å². The molecule has 1 aromatic rings. The number of hydrogen-bond donors (Lipinski definition) is 2. The van der Waals surface area contributed by atoms with E-state index in [2.05, 4.69) is 5.32 Å². The average Bonchev–Trinajstić information content (AvgIpc) is 2.37. The number of carbonyl (C=O) groups is 2. The van der Waals surface area contributed by atoms with Crippen molar-refractivity contribution in [2.75, 3.05) is 6.54 Å². The van der Waals surface area contributed by atoms with Gasteiger partial charge in [0.2, 0.25) is 5.91 Å². The van der Waals surface area contributed by atoms with Crippen molar-refractivity contribution < 1.29 is 23.5 Å². The van der Waals surface area contributed by atoms with Crippen LogP contribution in [0.1, 0.15) is 38.2 Å². The van der Waals surface area contributed by atoms with Gasteiger partial charge in [-0.1, -0.05) is 19.4 Å². The van der Waals surface area contributed by atoms with Gasteiger partial charge in [0.25, 0.3) is 0 Å². The fourth-order valence-corrected chi connectivity index (χ4v) is 2.88. The van der Waals surface area contributed by atoms with Crippen molar-refractivity contribution in [2.24, 2.45) is 5.92 Å². The summed E-state index contributed by atoms with van der Waals surface area (Å²) < 4.78 is 28.0. The average molecular weight is 311 g/mol. The molecule has 0 aromatic heterocycles. The highest BCUT2D eigenvalue weighted by molar-refractivity contribution is 5.89. The minimum absolute atomic E-state index is 0.0681. The molecule has 0 spiro atoms. The summed E-state index contributed by atoms with van der Waals surface area (Å²) >= 11 is 0. The van der Waals surface area contributed by atoms with Gasteiger partial charge in [-0.2, -0.15) is 0 Å². The molecular formula is C16H19F2NO3. The molecule has 1 aromatic carbocycles. The van der Waals surface area contributed by atoms with Crippen LogP contribution >= 0.6 is 0 Å². The molecular weight excluding hydrogens is 292 g/mol. The number of carboxylic acid groups (broad SMARTS) is 1. The third-order valence-electron chi connectivity index (χ3n) is 4.22. The number of benzene rings is 1. The van der Waals surface area contributed by atoms with Crippen LogP contribution in [0.5, 0.6) is 0 Å². The zero-order chi connectivity index (χ0) is 16.3. The maximum Gasteiger partial charge on any atom is 0.303 e. The Morgan fingerprint density at radius 2 is 1.91 bits per heavy atom. The van der Waals surface area contributed by atoms with Crippen molar-refractivity contribution in [3.8, 4) is 0 Å². The zero-order valence-corrected chi connectivity index (χ0v) is 12.4. The van der Waals surface area contributed by atoms with Crippen molar-refractivity contribution in [1.29, 1.82) is 0 Å². The number of amides is 1. The number of carbonyl (C=O) groups excluding carboxylic acids is 1. The molecule has 0 heterocycles. The number of hydrogen-bond acceptors (Lipinski definition) is 2. The van der Waals surface area contributed by atoms with Crippen molar-refractivity contribution in [3.63, 3.8) is 0 Å². The van der Waals surface area contributed by atoms with Gasteiger partial charge in [0, 0.05) is 18.5 Å². The SMILES string of the molecule is CC(CNC(=O)C1(c2c(F)cccc2F)CCC1)CC(=O)O. The summed E-state index contributed by atoms with van der Waals surface area (Å²) in [5.41, 5.74) is -1.34. The predicted octanol–water partition coefficient (Wildman–Crippen LogP) is 2.61. The molecule has 0 radical (unpaired) electrons. The highest BCUT2D eigenvalue weighted by atomic mass is 19.1. The standard InChI is InChI=1S/C16H19F2NO3/c1-10(8-13(20)21)9-19-15(22)16(6-3-7-16)14-11(17)4-2-5-12(14)18/h2,4-5,10H,3,6-9H2,1H3,(H,19,22)(H,20,21). The Hall–Kier alpha value is -1.98. The topological polar surface area (TPSA) is 66.4 Å². The molecule has 0 saturated heterocycles. The van der Waals surface area contributed by atoms with Gasteiger partial charge in [-0.25, -0.2) is 8.78 Å². The number of aliphatic carboxylic acids is 1.